The van der Waals surface area contributed by atoms with Crippen molar-refractivity contribution in [3.8, 4) is 11.5 Å². The van der Waals surface area contributed by atoms with Crippen LogP contribution in [0.1, 0.15) is 31.2 Å². The Hall–Kier alpha value is -1.18. The van der Waals surface area contributed by atoms with Gasteiger partial charge in [0, 0.05) is 19.5 Å². The maximum absolute atomic E-state index is 6.08. The number of piperidine rings is 1. The summed E-state index contributed by atoms with van der Waals surface area (Å²) in [5.41, 5.74) is 7.18. The Bertz CT molecular complexity index is 516. The Labute approximate surface area is 148 Å². The van der Waals surface area contributed by atoms with Crippen LogP contribution >= 0.6 is 24.0 Å². The number of hydrogen-bond donors (Lipinski definition) is 1. The lowest BCUT2D eigenvalue weighted by Gasteiger charge is -2.27. The van der Waals surface area contributed by atoms with Gasteiger partial charge in [-0.1, -0.05) is 6.07 Å². The highest BCUT2D eigenvalue weighted by Gasteiger charge is 2.13. The van der Waals surface area contributed by atoms with Crippen molar-refractivity contribution in [2.75, 3.05) is 26.3 Å². The number of nitrogens with two attached hydrogens (primary N) is 1. The fraction of sp³-hybridized carbons (Fsp3) is 0.562. The van der Waals surface area contributed by atoms with Gasteiger partial charge in [-0.25, -0.2) is 4.99 Å². The molecule has 0 aliphatic carbocycles. The fourth-order valence-corrected chi connectivity index (χ4v) is 2.70. The highest BCUT2D eigenvalue weighted by Crippen LogP contribution is 2.30. The zero-order valence-corrected chi connectivity index (χ0v) is 15.1. The van der Waals surface area contributed by atoms with Gasteiger partial charge in [-0.05, 0) is 37.0 Å². The molecular formula is C16H24IN3O2. The second-order valence-corrected chi connectivity index (χ2v) is 5.55. The summed E-state index contributed by atoms with van der Waals surface area (Å²) in [6, 6.07) is 6.00. The van der Waals surface area contributed by atoms with Crippen LogP contribution in [0.5, 0.6) is 11.5 Å². The van der Waals surface area contributed by atoms with E-state index in [9.17, 15) is 0 Å². The molecule has 1 fully saturated rings. The van der Waals surface area contributed by atoms with Crippen LogP contribution in [0.15, 0.2) is 23.2 Å². The van der Waals surface area contributed by atoms with E-state index in [1.165, 1.54) is 19.3 Å². The van der Waals surface area contributed by atoms with Crippen LogP contribution in [0.3, 0.4) is 0 Å². The number of nitrogens with zero attached hydrogens (tertiary/aromatic N) is 2. The van der Waals surface area contributed by atoms with E-state index in [-0.39, 0.29) is 24.0 Å². The maximum atomic E-state index is 6.08. The van der Waals surface area contributed by atoms with Crippen molar-refractivity contribution in [2.45, 2.75) is 32.2 Å². The molecule has 3 rings (SSSR count). The van der Waals surface area contributed by atoms with E-state index in [2.05, 4.69) is 9.89 Å². The van der Waals surface area contributed by atoms with Gasteiger partial charge in [0.05, 0.1) is 19.8 Å². The highest BCUT2D eigenvalue weighted by molar-refractivity contribution is 14.0. The SMILES string of the molecule is I.NC(=NCc1ccc2c(c1)OCCCO2)N1CCCCC1. The van der Waals surface area contributed by atoms with E-state index in [0.29, 0.717) is 25.7 Å². The normalized spacial score (nSPS) is 18.4. The summed E-state index contributed by atoms with van der Waals surface area (Å²) in [6.07, 6.45) is 4.64. The van der Waals surface area contributed by atoms with Crippen LogP contribution < -0.4 is 15.2 Å². The van der Waals surface area contributed by atoms with Crippen molar-refractivity contribution in [1.29, 1.82) is 0 Å². The molecule has 122 valence electrons. The quantitative estimate of drug-likeness (QED) is 0.457. The number of rotatable bonds is 2. The van der Waals surface area contributed by atoms with Crippen LogP contribution in [0.25, 0.3) is 0 Å². The molecule has 0 bridgehead atoms. The Morgan fingerprint density at radius 2 is 1.77 bits per heavy atom. The van der Waals surface area contributed by atoms with Gasteiger partial charge in [0.2, 0.25) is 0 Å². The largest absolute Gasteiger partial charge is 0.490 e. The minimum Gasteiger partial charge on any atom is -0.490 e. The minimum atomic E-state index is 0. The summed E-state index contributed by atoms with van der Waals surface area (Å²) in [4.78, 5) is 6.69. The fourth-order valence-electron chi connectivity index (χ4n) is 2.70. The number of guanidine groups is 1. The molecule has 2 aliphatic rings. The predicted octanol–water partition coefficient (Wildman–Crippen LogP) is 2.77. The standard InChI is InChI=1S/C16H23N3O2.HI/c17-16(19-7-2-1-3-8-19)18-12-13-5-6-14-15(11-13)21-10-4-9-20-14;/h5-6,11H,1-4,7-10,12H2,(H2,17,18);1H. The Morgan fingerprint density at radius 1 is 1.05 bits per heavy atom. The third-order valence-electron chi connectivity index (χ3n) is 3.92. The van der Waals surface area contributed by atoms with E-state index < -0.39 is 0 Å². The van der Waals surface area contributed by atoms with Crippen molar-refractivity contribution >= 4 is 29.9 Å². The second-order valence-electron chi connectivity index (χ2n) is 5.55. The summed E-state index contributed by atoms with van der Waals surface area (Å²) in [6.45, 7) is 4.05. The molecule has 6 heteroatoms. The summed E-state index contributed by atoms with van der Waals surface area (Å²) < 4.78 is 11.3. The number of benzene rings is 1. The predicted molar refractivity (Wildman–Crippen MR) is 98.2 cm³/mol. The summed E-state index contributed by atoms with van der Waals surface area (Å²) in [5, 5.41) is 0. The van der Waals surface area contributed by atoms with Gasteiger partial charge in [0.1, 0.15) is 0 Å². The van der Waals surface area contributed by atoms with Gasteiger partial charge in [-0.15, -0.1) is 24.0 Å². The maximum Gasteiger partial charge on any atom is 0.191 e. The Morgan fingerprint density at radius 3 is 2.55 bits per heavy atom. The first-order valence-electron chi connectivity index (χ1n) is 7.76. The van der Waals surface area contributed by atoms with E-state index >= 15 is 0 Å². The number of hydrogen-bond acceptors (Lipinski definition) is 3. The summed E-state index contributed by atoms with van der Waals surface area (Å²) in [5.74, 6) is 2.29. The van der Waals surface area contributed by atoms with Gasteiger partial charge in [-0.3, -0.25) is 0 Å². The summed E-state index contributed by atoms with van der Waals surface area (Å²) in [7, 11) is 0. The zero-order valence-electron chi connectivity index (χ0n) is 12.8. The van der Waals surface area contributed by atoms with Crippen LogP contribution in [0.4, 0.5) is 0 Å². The topological polar surface area (TPSA) is 60.1 Å². The molecule has 1 aromatic rings. The van der Waals surface area contributed by atoms with Crippen molar-refractivity contribution in [3.05, 3.63) is 23.8 Å². The van der Waals surface area contributed by atoms with Crippen molar-refractivity contribution in [1.82, 2.24) is 4.90 Å². The highest BCUT2D eigenvalue weighted by atomic mass is 127. The summed E-state index contributed by atoms with van der Waals surface area (Å²) >= 11 is 0. The lowest BCUT2D eigenvalue weighted by molar-refractivity contribution is 0.297. The second kappa shape index (κ2) is 8.45. The lowest BCUT2D eigenvalue weighted by atomic mass is 10.1. The molecule has 2 heterocycles. The molecular weight excluding hydrogens is 393 g/mol. The molecule has 1 aromatic carbocycles. The molecule has 2 aliphatic heterocycles. The van der Waals surface area contributed by atoms with Gasteiger partial charge in [0.25, 0.3) is 0 Å². The Kier molecular flexibility index (Phi) is 6.60. The molecule has 0 amide bonds. The Balaban J connectivity index is 0.00000176. The number of aliphatic imine (C=N–C) groups is 1. The lowest BCUT2D eigenvalue weighted by Crippen LogP contribution is -2.40. The van der Waals surface area contributed by atoms with Crippen LogP contribution in [-0.2, 0) is 6.54 Å². The number of halogens is 1. The molecule has 0 saturated carbocycles. The minimum absolute atomic E-state index is 0. The average molecular weight is 417 g/mol. The molecule has 1 saturated heterocycles. The van der Waals surface area contributed by atoms with Crippen LogP contribution in [-0.4, -0.2) is 37.2 Å². The monoisotopic (exact) mass is 417 g/mol. The van der Waals surface area contributed by atoms with Crippen molar-refractivity contribution < 1.29 is 9.47 Å². The third-order valence-corrected chi connectivity index (χ3v) is 3.92. The van der Waals surface area contributed by atoms with E-state index in [4.69, 9.17) is 15.2 Å². The first kappa shape index (κ1) is 17.2. The molecule has 0 aromatic heterocycles. The number of fused-ring (bicyclic) bond motifs is 1. The van der Waals surface area contributed by atoms with Crippen LogP contribution in [0.2, 0.25) is 0 Å². The van der Waals surface area contributed by atoms with Crippen molar-refractivity contribution in [2.24, 2.45) is 10.7 Å². The van der Waals surface area contributed by atoms with Gasteiger partial charge < -0.3 is 20.1 Å². The average Bonchev–Trinajstić information content (AvgIpc) is 2.78. The molecule has 5 nitrogen and oxygen atoms in total. The third kappa shape index (κ3) is 4.41. The molecule has 0 unspecified atom stereocenters. The van der Waals surface area contributed by atoms with Gasteiger partial charge in [0.15, 0.2) is 17.5 Å². The first-order chi connectivity index (χ1) is 10.3. The molecule has 0 radical (unpaired) electrons. The number of ether oxygens (including phenoxy) is 2. The van der Waals surface area contributed by atoms with Gasteiger partial charge >= 0.3 is 0 Å². The van der Waals surface area contributed by atoms with Crippen LogP contribution in [0, 0.1) is 0 Å². The number of likely N-dealkylation sites (tertiary alicyclic amines) is 1. The van der Waals surface area contributed by atoms with E-state index in [1.807, 2.05) is 18.2 Å². The molecule has 2 N–H and O–H groups in total. The van der Waals surface area contributed by atoms with Gasteiger partial charge in [-0.2, -0.15) is 0 Å². The van der Waals surface area contributed by atoms with E-state index in [1.54, 1.807) is 0 Å². The van der Waals surface area contributed by atoms with Crippen molar-refractivity contribution in [3.63, 3.8) is 0 Å². The smallest absolute Gasteiger partial charge is 0.191 e. The zero-order chi connectivity index (χ0) is 14.5. The molecule has 0 atom stereocenters. The molecule has 22 heavy (non-hydrogen) atoms. The first-order valence-corrected chi connectivity index (χ1v) is 7.76. The molecule has 0 spiro atoms. The van der Waals surface area contributed by atoms with E-state index in [0.717, 1.165) is 36.6 Å².